The summed E-state index contributed by atoms with van der Waals surface area (Å²) in [7, 11) is 0. The molecule has 8 heteroatoms. The number of primary amides is 1. The number of carbonyl (C=O) groups excluding carboxylic acids is 2. The third kappa shape index (κ3) is 5.10. The molecular formula is C18H16F2N2O4. The average molecular weight is 362 g/mol. The van der Waals surface area contributed by atoms with Crippen LogP contribution in [0.15, 0.2) is 42.5 Å². The van der Waals surface area contributed by atoms with Crippen LogP contribution in [-0.2, 0) is 22.4 Å². The molecule has 2 amide bonds. The van der Waals surface area contributed by atoms with E-state index in [2.05, 4.69) is 5.32 Å². The highest BCUT2D eigenvalue weighted by atomic mass is 19.2. The molecule has 0 bridgehead atoms. The Morgan fingerprint density at radius 1 is 1.00 bits per heavy atom. The molecule has 0 aliphatic carbocycles. The number of nitrogens with two attached hydrogens (primary N) is 1. The zero-order valence-corrected chi connectivity index (χ0v) is 13.5. The van der Waals surface area contributed by atoms with E-state index in [0.29, 0.717) is 5.56 Å². The molecule has 136 valence electrons. The van der Waals surface area contributed by atoms with Crippen molar-refractivity contribution >= 4 is 17.8 Å². The summed E-state index contributed by atoms with van der Waals surface area (Å²) < 4.78 is 26.1. The van der Waals surface area contributed by atoms with Gasteiger partial charge in [0.25, 0.3) is 0 Å². The van der Waals surface area contributed by atoms with Crippen LogP contribution < -0.4 is 11.1 Å². The fourth-order valence-electron chi connectivity index (χ4n) is 2.32. The number of benzene rings is 2. The molecule has 0 spiro atoms. The van der Waals surface area contributed by atoms with Crippen LogP contribution in [0.4, 0.5) is 8.78 Å². The minimum absolute atomic E-state index is 0.0682. The fraction of sp³-hybridized carbons (Fsp3) is 0.167. The highest BCUT2D eigenvalue weighted by Crippen LogP contribution is 2.10. The minimum atomic E-state index is -1.08. The van der Waals surface area contributed by atoms with Gasteiger partial charge in [0, 0.05) is 6.42 Å². The molecule has 0 heterocycles. The van der Waals surface area contributed by atoms with Gasteiger partial charge in [-0.05, 0) is 35.4 Å². The average Bonchev–Trinajstić information content (AvgIpc) is 2.58. The number of nitrogens with one attached hydrogen (secondary N) is 1. The molecule has 26 heavy (non-hydrogen) atoms. The molecule has 2 rings (SSSR count). The molecule has 0 saturated heterocycles. The van der Waals surface area contributed by atoms with Gasteiger partial charge < -0.3 is 16.2 Å². The van der Waals surface area contributed by atoms with Gasteiger partial charge in [-0.15, -0.1) is 0 Å². The van der Waals surface area contributed by atoms with Gasteiger partial charge >= 0.3 is 5.97 Å². The second-order valence-electron chi connectivity index (χ2n) is 5.65. The number of amides is 2. The Labute approximate surface area is 147 Å². The molecule has 0 aliphatic rings. The van der Waals surface area contributed by atoms with E-state index < -0.39 is 35.5 Å². The van der Waals surface area contributed by atoms with Crippen LogP contribution in [0.1, 0.15) is 21.5 Å². The van der Waals surface area contributed by atoms with Gasteiger partial charge in [-0.25, -0.2) is 13.6 Å². The van der Waals surface area contributed by atoms with Crippen molar-refractivity contribution in [2.75, 3.05) is 0 Å². The van der Waals surface area contributed by atoms with Gasteiger partial charge in [-0.2, -0.15) is 0 Å². The van der Waals surface area contributed by atoms with E-state index in [9.17, 15) is 23.2 Å². The predicted molar refractivity (Wildman–Crippen MR) is 88.3 cm³/mol. The van der Waals surface area contributed by atoms with Crippen LogP contribution in [0, 0.1) is 11.6 Å². The summed E-state index contributed by atoms with van der Waals surface area (Å²) in [4.78, 5) is 34.4. The van der Waals surface area contributed by atoms with Crippen molar-refractivity contribution in [1.29, 1.82) is 0 Å². The maximum atomic E-state index is 13.2. The van der Waals surface area contributed by atoms with Crippen LogP contribution >= 0.6 is 0 Å². The van der Waals surface area contributed by atoms with Crippen LogP contribution in [0.25, 0.3) is 0 Å². The molecule has 0 saturated carbocycles. The topological polar surface area (TPSA) is 109 Å². The van der Waals surface area contributed by atoms with Gasteiger partial charge in [-0.3, -0.25) is 9.59 Å². The number of carboxylic acid groups (broad SMARTS) is 1. The first-order valence-corrected chi connectivity index (χ1v) is 7.61. The van der Waals surface area contributed by atoms with Crippen molar-refractivity contribution in [3.05, 3.63) is 70.8 Å². The van der Waals surface area contributed by atoms with Crippen molar-refractivity contribution in [3.8, 4) is 0 Å². The lowest BCUT2D eigenvalue weighted by atomic mass is 10.0. The van der Waals surface area contributed by atoms with E-state index in [1.807, 2.05) is 0 Å². The lowest BCUT2D eigenvalue weighted by Crippen LogP contribution is -2.46. The molecule has 0 unspecified atom stereocenters. The quantitative estimate of drug-likeness (QED) is 0.692. The Bertz CT molecular complexity index is 838. The summed E-state index contributed by atoms with van der Waals surface area (Å²) in [6.07, 6.45) is -0.183. The summed E-state index contributed by atoms with van der Waals surface area (Å²) >= 11 is 0. The van der Waals surface area contributed by atoms with Gasteiger partial charge in [0.05, 0.1) is 12.0 Å². The number of hydrogen-bond donors (Lipinski definition) is 3. The van der Waals surface area contributed by atoms with Crippen molar-refractivity contribution in [2.24, 2.45) is 5.73 Å². The van der Waals surface area contributed by atoms with Crippen LogP contribution in [0.5, 0.6) is 0 Å². The first-order chi connectivity index (χ1) is 12.3. The summed E-state index contributed by atoms with van der Waals surface area (Å²) in [5.74, 6) is -4.52. The maximum absolute atomic E-state index is 13.2. The van der Waals surface area contributed by atoms with E-state index in [4.69, 9.17) is 10.8 Å². The van der Waals surface area contributed by atoms with Crippen molar-refractivity contribution in [1.82, 2.24) is 5.32 Å². The van der Waals surface area contributed by atoms with Crippen LogP contribution in [0.3, 0.4) is 0 Å². The molecule has 0 fully saturated rings. The lowest BCUT2D eigenvalue weighted by Gasteiger charge is -2.16. The van der Waals surface area contributed by atoms with E-state index in [1.54, 1.807) is 0 Å². The molecular weight excluding hydrogens is 346 g/mol. The second-order valence-corrected chi connectivity index (χ2v) is 5.65. The van der Waals surface area contributed by atoms with E-state index in [-0.39, 0.29) is 24.0 Å². The fourth-order valence-corrected chi connectivity index (χ4v) is 2.32. The van der Waals surface area contributed by atoms with Crippen LogP contribution in [0.2, 0.25) is 0 Å². The van der Waals surface area contributed by atoms with Gasteiger partial charge in [0.2, 0.25) is 11.8 Å². The smallest absolute Gasteiger partial charge is 0.335 e. The Morgan fingerprint density at radius 3 is 2.15 bits per heavy atom. The highest BCUT2D eigenvalue weighted by Gasteiger charge is 2.19. The lowest BCUT2D eigenvalue weighted by molar-refractivity contribution is -0.127. The standard InChI is InChI=1S/C18H16F2N2O4/c19-13-6-3-11(7-14(13)20)9-16(23)22-15(17(21)24)8-10-1-4-12(5-2-10)18(25)26/h1-7,15H,8-9H2,(H2,21,24)(H,22,23)(H,25,26)/t15-/m0/s1. The monoisotopic (exact) mass is 362 g/mol. The van der Waals surface area contributed by atoms with Gasteiger partial charge in [-0.1, -0.05) is 18.2 Å². The maximum Gasteiger partial charge on any atom is 0.335 e. The molecule has 0 aromatic heterocycles. The largest absolute Gasteiger partial charge is 0.478 e. The molecule has 2 aromatic rings. The number of carboxylic acids is 1. The molecule has 4 N–H and O–H groups in total. The van der Waals surface area contributed by atoms with Crippen molar-refractivity contribution < 1.29 is 28.3 Å². The Hall–Kier alpha value is -3.29. The SMILES string of the molecule is NC(=O)[C@H](Cc1ccc(C(=O)O)cc1)NC(=O)Cc1ccc(F)c(F)c1. The number of hydrogen-bond acceptors (Lipinski definition) is 3. The normalized spacial score (nSPS) is 11.6. The third-order valence-corrected chi connectivity index (χ3v) is 3.67. The number of halogens is 2. The third-order valence-electron chi connectivity index (χ3n) is 3.67. The molecule has 6 nitrogen and oxygen atoms in total. The Morgan fingerprint density at radius 2 is 1.62 bits per heavy atom. The first-order valence-electron chi connectivity index (χ1n) is 7.61. The predicted octanol–water partition coefficient (Wildman–Crippen LogP) is 1.42. The van der Waals surface area contributed by atoms with Crippen molar-refractivity contribution in [2.45, 2.75) is 18.9 Å². The zero-order valence-electron chi connectivity index (χ0n) is 13.5. The molecule has 0 aliphatic heterocycles. The van der Waals surface area contributed by atoms with E-state index >= 15 is 0 Å². The van der Waals surface area contributed by atoms with E-state index in [0.717, 1.165) is 12.1 Å². The minimum Gasteiger partial charge on any atom is -0.478 e. The molecule has 1 atom stereocenters. The molecule has 0 radical (unpaired) electrons. The molecule has 2 aromatic carbocycles. The number of carbonyl (C=O) groups is 3. The summed E-state index contributed by atoms with van der Waals surface area (Å²) in [5.41, 5.74) is 6.23. The summed E-state index contributed by atoms with van der Waals surface area (Å²) in [5, 5.41) is 11.3. The van der Waals surface area contributed by atoms with Crippen molar-refractivity contribution in [3.63, 3.8) is 0 Å². The zero-order chi connectivity index (χ0) is 19.3. The van der Waals surface area contributed by atoms with Crippen LogP contribution in [-0.4, -0.2) is 28.9 Å². The van der Waals surface area contributed by atoms with Gasteiger partial charge in [0.15, 0.2) is 11.6 Å². The van der Waals surface area contributed by atoms with Gasteiger partial charge in [0.1, 0.15) is 6.04 Å². The first kappa shape index (κ1) is 19.0. The Balaban J connectivity index is 2.02. The number of rotatable bonds is 7. The highest BCUT2D eigenvalue weighted by molar-refractivity contribution is 5.88. The number of aromatic carboxylic acids is 1. The summed E-state index contributed by atoms with van der Waals surface area (Å²) in [6.45, 7) is 0. The Kier molecular flexibility index (Phi) is 6.00. The summed E-state index contributed by atoms with van der Waals surface area (Å²) in [6, 6.07) is 7.83. The second kappa shape index (κ2) is 8.19. The van der Waals surface area contributed by atoms with E-state index in [1.165, 1.54) is 30.3 Å².